The Hall–Kier alpha value is -1.18. The van der Waals surface area contributed by atoms with Gasteiger partial charge in [-0.25, -0.2) is 0 Å². The smallest absolute Gasteiger partial charge is 0.305 e. The normalized spacial score (nSPS) is 51.1. The summed E-state index contributed by atoms with van der Waals surface area (Å²) in [5, 5.41) is 23.4. The lowest BCUT2D eigenvalue weighted by Gasteiger charge is -2.63. The van der Waals surface area contributed by atoms with Gasteiger partial charge in [0.05, 0.1) is 23.9 Å². The van der Waals surface area contributed by atoms with E-state index in [0.717, 1.165) is 32.1 Å². The van der Waals surface area contributed by atoms with Gasteiger partial charge < -0.3 is 24.4 Å². The van der Waals surface area contributed by atoms with Crippen molar-refractivity contribution in [3.05, 3.63) is 0 Å². The Morgan fingerprint density at radius 1 is 1.02 bits per heavy atom. The zero-order valence-electron chi connectivity index (χ0n) is 27.5. The molecule has 1 saturated heterocycles. The van der Waals surface area contributed by atoms with Crippen molar-refractivity contribution in [2.45, 2.75) is 156 Å². The molecule has 7 heteroatoms. The summed E-state index contributed by atoms with van der Waals surface area (Å²) in [6.07, 6.45) is 6.61. The molecular formula is C35H56O7. The van der Waals surface area contributed by atoms with Crippen LogP contribution in [0.1, 0.15) is 120 Å². The fourth-order valence-electron chi connectivity index (χ4n) is 12.8. The first-order chi connectivity index (χ1) is 19.4. The van der Waals surface area contributed by atoms with Crippen LogP contribution in [0.2, 0.25) is 0 Å². The highest BCUT2D eigenvalue weighted by Gasteiger charge is 2.84. The third kappa shape index (κ3) is 3.80. The second-order valence-electron chi connectivity index (χ2n) is 17.1. The number of aliphatic hydroxyl groups excluding tert-OH is 1. The van der Waals surface area contributed by atoms with Gasteiger partial charge >= 0.3 is 11.9 Å². The average molecular weight is 589 g/mol. The van der Waals surface area contributed by atoms with Gasteiger partial charge in [-0.3, -0.25) is 9.59 Å². The van der Waals surface area contributed by atoms with Gasteiger partial charge in [0.25, 0.3) is 0 Å². The molecule has 2 spiro atoms. The SMILES string of the molecule is CCC(=O)O[C@H]1CC[C@]23C[C@]24CC[C@]2(C)[C@@H]5[C@H](O[C@@H]([C@H](OC(C)=O)C(C)(C)O)C[C@H]5C)[C@H](O)[C@@]2(C)[C@@H]4CC[C@H]3C1(C)C. The second-order valence-corrected chi connectivity index (χ2v) is 17.1. The van der Waals surface area contributed by atoms with Gasteiger partial charge in [-0.15, -0.1) is 0 Å². The molecule has 6 fully saturated rings. The Bertz CT molecular complexity index is 1130. The topological polar surface area (TPSA) is 102 Å². The Morgan fingerprint density at radius 2 is 1.67 bits per heavy atom. The maximum Gasteiger partial charge on any atom is 0.305 e. The number of ether oxygens (including phenoxy) is 3. The quantitative estimate of drug-likeness (QED) is 0.390. The largest absolute Gasteiger partial charge is 0.462 e. The summed E-state index contributed by atoms with van der Waals surface area (Å²) in [4.78, 5) is 24.3. The van der Waals surface area contributed by atoms with Crippen LogP contribution < -0.4 is 0 Å². The monoisotopic (exact) mass is 588 g/mol. The molecule has 6 aliphatic rings. The first-order valence-electron chi connectivity index (χ1n) is 16.8. The van der Waals surface area contributed by atoms with E-state index in [9.17, 15) is 19.8 Å². The standard InChI is InChI=1S/C35H56O7/c1-10-25(37)42-24-13-14-34-18-35(34)16-15-32(8)26-19(2)17-21(29(31(6,7)39)40-20(3)36)41-27(26)28(38)33(32,9)23(35)12-11-22(34)30(24,4)5/h19,21-24,26-29,38-39H,10-18H2,1-9H3/t19-,21-,22+,23+,24+,26+,27+,28+,29+,32-,33-,34-,35+/m1/s1. The molecule has 0 amide bonds. The molecule has 13 atom stereocenters. The van der Waals surface area contributed by atoms with Gasteiger partial charge in [0.2, 0.25) is 0 Å². The van der Waals surface area contributed by atoms with Crippen LogP contribution >= 0.6 is 0 Å². The van der Waals surface area contributed by atoms with Crippen LogP contribution in [0, 0.1) is 50.7 Å². The van der Waals surface area contributed by atoms with Crippen LogP contribution in [0.3, 0.4) is 0 Å². The molecule has 1 aliphatic heterocycles. The van der Waals surface area contributed by atoms with Crippen LogP contribution in [0.15, 0.2) is 0 Å². The summed E-state index contributed by atoms with van der Waals surface area (Å²) in [7, 11) is 0. The molecule has 0 unspecified atom stereocenters. The molecule has 238 valence electrons. The Morgan fingerprint density at radius 3 is 2.29 bits per heavy atom. The van der Waals surface area contributed by atoms with Crippen molar-refractivity contribution in [2.75, 3.05) is 0 Å². The molecule has 0 radical (unpaired) electrons. The summed E-state index contributed by atoms with van der Waals surface area (Å²) >= 11 is 0. The van der Waals surface area contributed by atoms with E-state index in [4.69, 9.17) is 14.2 Å². The van der Waals surface area contributed by atoms with Crippen molar-refractivity contribution in [3.8, 4) is 0 Å². The van der Waals surface area contributed by atoms with Crippen LogP contribution in [-0.2, 0) is 23.8 Å². The number of hydrogen-bond acceptors (Lipinski definition) is 7. The predicted molar refractivity (Wildman–Crippen MR) is 158 cm³/mol. The lowest BCUT2D eigenvalue weighted by molar-refractivity contribution is -0.216. The van der Waals surface area contributed by atoms with Crippen LogP contribution in [0.4, 0.5) is 0 Å². The van der Waals surface area contributed by atoms with E-state index in [0.29, 0.717) is 24.7 Å². The van der Waals surface area contributed by atoms with Crippen molar-refractivity contribution in [2.24, 2.45) is 50.7 Å². The van der Waals surface area contributed by atoms with Crippen molar-refractivity contribution < 1.29 is 34.0 Å². The fraction of sp³-hybridized carbons (Fsp3) is 0.943. The van der Waals surface area contributed by atoms with Crippen LogP contribution in [0.25, 0.3) is 0 Å². The number of carbonyl (C=O) groups is 2. The first kappa shape index (κ1) is 30.8. The lowest BCUT2D eigenvalue weighted by atomic mass is 9.41. The number of esters is 2. The van der Waals surface area contributed by atoms with Gasteiger partial charge in [-0.1, -0.05) is 41.5 Å². The van der Waals surface area contributed by atoms with E-state index < -0.39 is 29.9 Å². The predicted octanol–water partition coefficient (Wildman–Crippen LogP) is 5.82. The summed E-state index contributed by atoms with van der Waals surface area (Å²) < 4.78 is 18.5. The fourth-order valence-corrected chi connectivity index (χ4v) is 12.8. The number of aliphatic hydroxyl groups is 2. The lowest BCUT2D eigenvalue weighted by Crippen LogP contribution is -2.60. The molecule has 1 heterocycles. The molecule has 6 rings (SSSR count). The summed E-state index contributed by atoms with van der Waals surface area (Å²) in [6, 6.07) is 0. The third-order valence-electron chi connectivity index (χ3n) is 14.7. The van der Waals surface area contributed by atoms with E-state index in [1.54, 1.807) is 13.8 Å². The number of carbonyl (C=O) groups excluding carboxylic acids is 2. The van der Waals surface area contributed by atoms with Crippen molar-refractivity contribution in [1.29, 1.82) is 0 Å². The molecule has 5 aliphatic carbocycles. The van der Waals surface area contributed by atoms with Crippen molar-refractivity contribution >= 4 is 11.9 Å². The Labute approximate surface area is 252 Å². The first-order valence-corrected chi connectivity index (χ1v) is 16.8. The molecule has 0 aromatic carbocycles. The van der Waals surface area contributed by atoms with E-state index >= 15 is 0 Å². The molecule has 0 aromatic rings. The third-order valence-corrected chi connectivity index (χ3v) is 14.7. The zero-order chi connectivity index (χ0) is 30.8. The second kappa shape index (κ2) is 9.42. The van der Waals surface area contributed by atoms with Crippen LogP contribution in [0.5, 0.6) is 0 Å². The highest BCUT2D eigenvalue weighted by Crippen LogP contribution is 2.89. The van der Waals surface area contributed by atoms with E-state index in [-0.39, 0.29) is 57.1 Å². The summed E-state index contributed by atoms with van der Waals surface area (Å²) in [5.41, 5.74) is -1.18. The van der Waals surface area contributed by atoms with Crippen molar-refractivity contribution in [3.63, 3.8) is 0 Å². The van der Waals surface area contributed by atoms with Crippen molar-refractivity contribution in [1.82, 2.24) is 0 Å². The molecule has 0 bridgehead atoms. The Balaban J connectivity index is 1.31. The highest BCUT2D eigenvalue weighted by molar-refractivity contribution is 5.69. The number of rotatable bonds is 5. The minimum Gasteiger partial charge on any atom is -0.462 e. The number of fused-ring (bicyclic) bond motifs is 4. The van der Waals surface area contributed by atoms with Gasteiger partial charge in [-0.2, -0.15) is 0 Å². The summed E-state index contributed by atoms with van der Waals surface area (Å²) in [5.74, 6) is 0.887. The Kier molecular flexibility index (Phi) is 6.91. The minimum atomic E-state index is -1.26. The molecule has 7 nitrogen and oxygen atoms in total. The molecular weight excluding hydrogens is 532 g/mol. The van der Waals surface area contributed by atoms with E-state index in [2.05, 4.69) is 34.6 Å². The van der Waals surface area contributed by atoms with Gasteiger partial charge in [0, 0.05) is 24.2 Å². The highest BCUT2D eigenvalue weighted by atomic mass is 16.6. The van der Waals surface area contributed by atoms with Gasteiger partial charge in [0.15, 0.2) is 6.10 Å². The van der Waals surface area contributed by atoms with Gasteiger partial charge in [0.1, 0.15) is 6.10 Å². The maximum atomic E-state index is 12.4. The maximum absolute atomic E-state index is 12.4. The van der Waals surface area contributed by atoms with Crippen LogP contribution in [-0.4, -0.2) is 58.3 Å². The average Bonchev–Trinajstić information content (AvgIpc) is 3.52. The van der Waals surface area contributed by atoms with E-state index in [1.165, 1.54) is 19.8 Å². The molecule has 2 N–H and O–H groups in total. The summed E-state index contributed by atoms with van der Waals surface area (Å²) in [6.45, 7) is 18.3. The minimum absolute atomic E-state index is 0.0220. The zero-order valence-corrected chi connectivity index (χ0v) is 27.5. The van der Waals surface area contributed by atoms with Gasteiger partial charge in [-0.05, 0) is 105 Å². The van der Waals surface area contributed by atoms with E-state index in [1.807, 2.05) is 6.92 Å². The molecule has 0 aromatic heterocycles. The number of hydrogen-bond donors (Lipinski definition) is 2. The molecule has 42 heavy (non-hydrogen) atoms. The molecule has 5 saturated carbocycles.